The Labute approximate surface area is 261 Å². The van der Waals surface area contributed by atoms with Crippen molar-refractivity contribution in [3.05, 3.63) is 106 Å². The third kappa shape index (κ3) is 6.12. The number of nitrogens with zero attached hydrogens (tertiary/aromatic N) is 5. The molecule has 1 aliphatic heterocycles. The van der Waals surface area contributed by atoms with E-state index in [0.717, 1.165) is 17.7 Å². The molecule has 3 aromatic heterocycles. The Morgan fingerprint density at radius 2 is 1.78 bits per heavy atom. The maximum Gasteiger partial charge on any atom is 0.416 e. The molecule has 230 valence electrons. The number of hydrogen-bond donors (Lipinski definition) is 1. The maximum atomic E-state index is 13.8. The number of amides is 1. The monoisotopic (exact) mass is 632 g/mol. The fourth-order valence-corrected chi connectivity index (χ4v) is 5.89. The summed E-state index contributed by atoms with van der Waals surface area (Å²) in [5.41, 5.74) is 3.02. The van der Waals surface area contributed by atoms with E-state index in [1.165, 1.54) is 23.0 Å². The zero-order chi connectivity index (χ0) is 31.9. The normalized spacial score (nSPS) is 17.2. The first-order valence-corrected chi connectivity index (χ1v) is 14.7. The molecule has 1 aliphatic rings. The molecule has 1 N–H and O–H groups in total. The molecule has 0 aliphatic carbocycles. The van der Waals surface area contributed by atoms with Crippen LogP contribution in [0.3, 0.4) is 0 Å². The second-order valence-electron chi connectivity index (χ2n) is 11.1. The van der Waals surface area contributed by atoms with Crippen molar-refractivity contribution in [3.8, 4) is 33.6 Å². The molecule has 0 fully saturated rings. The Bertz CT molecular complexity index is 1970. The van der Waals surface area contributed by atoms with Crippen LogP contribution in [0, 0.1) is 5.92 Å². The molecule has 12 heteroatoms. The van der Waals surface area contributed by atoms with Crippen molar-refractivity contribution < 1.29 is 18.0 Å². The molecule has 2 aromatic carbocycles. The topological polar surface area (TPSA) is 94.7 Å². The van der Waals surface area contributed by atoms with Crippen LogP contribution in [-0.4, -0.2) is 30.2 Å². The lowest BCUT2D eigenvalue weighted by molar-refractivity contribution is -0.137. The minimum atomic E-state index is -4.51. The average Bonchev–Trinajstić information content (AvgIpc) is 3.38. The van der Waals surface area contributed by atoms with E-state index in [4.69, 9.17) is 11.6 Å². The number of aromatic nitrogens is 5. The molecule has 0 radical (unpaired) electrons. The molecule has 45 heavy (non-hydrogen) atoms. The quantitative estimate of drug-likeness (QED) is 0.224. The third-order valence-corrected chi connectivity index (χ3v) is 8.32. The predicted octanol–water partition coefficient (Wildman–Crippen LogP) is 7.39. The van der Waals surface area contributed by atoms with Crippen LogP contribution in [-0.2, 0) is 18.0 Å². The highest BCUT2D eigenvalue weighted by Gasteiger charge is 2.31. The number of anilines is 1. The van der Waals surface area contributed by atoms with Gasteiger partial charge in [0.25, 0.3) is 5.56 Å². The van der Waals surface area contributed by atoms with Gasteiger partial charge in [-0.1, -0.05) is 43.1 Å². The summed E-state index contributed by atoms with van der Waals surface area (Å²) in [7, 11) is 1.79. The molecule has 0 saturated carbocycles. The number of nitrogens with one attached hydrogen (secondary N) is 1. The highest BCUT2D eigenvalue weighted by molar-refractivity contribution is 6.31. The van der Waals surface area contributed by atoms with E-state index in [2.05, 4.69) is 20.4 Å². The Balaban J connectivity index is 1.43. The summed E-state index contributed by atoms with van der Waals surface area (Å²) < 4.78 is 43.6. The summed E-state index contributed by atoms with van der Waals surface area (Å²) in [5, 5.41) is 7.67. The average molecular weight is 633 g/mol. The molecule has 6 rings (SSSR count). The minimum Gasteiger partial charge on any atom is -0.323 e. The first-order chi connectivity index (χ1) is 21.5. The van der Waals surface area contributed by atoms with E-state index in [-0.39, 0.29) is 23.1 Å². The van der Waals surface area contributed by atoms with Crippen molar-refractivity contribution in [3.63, 3.8) is 0 Å². The molecule has 2 atom stereocenters. The Kier molecular flexibility index (Phi) is 8.05. The molecule has 2 unspecified atom stereocenters. The van der Waals surface area contributed by atoms with Crippen LogP contribution in [0.5, 0.6) is 0 Å². The molecule has 4 heterocycles. The number of carbonyl (C=O) groups is 1. The second-order valence-corrected chi connectivity index (χ2v) is 11.6. The van der Waals surface area contributed by atoms with Gasteiger partial charge in [-0.25, -0.2) is 4.98 Å². The van der Waals surface area contributed by atoms with E-state index in [9.17, 15) is 22.8 Å². The van der Waals surface area contributed by atoms with Crippen molar-refractivity contribution in [1.29, 1.82) is 0 Å². The Morgan fingerprint density at radius 1 is 0.956 bits per heavy atom. The number of halogens is 4. The number of pyridine rings is 1. The minimum absolute atomic E-state index is 0.114. The first kappa shape index (κ1) is 30.3. The first-order valence-electron chi connectivity index (χ1n) is 14.3. The van der Waals surface area contributed by atoms with Crippen LogP contribution in [0.4, 0.5) is 18.9 Å². The Morgan fingerprint density at radius 3 is 2.56 bits per heavy atom. The number of rotatable bonds is 3. The van der Waals surface area contributed by atoms with Crippen LogP contribution in [0.2, 0.25) is 5.02 Å². The fourth-order valence-electron chi connectivity index (χ4n) is 5.72. The van der Waals surface area contributed by atoms with Crippen molar-refractivity contribution in [2.24, 2.45) is 13.0 Å². The van der Waals surface area contributed by atoms with Gasteiger partial charge in [0.1, 0.15) is 0 Å². The van der Waals surface area contributed by atoms with Gasteiger partial charge in [0, 0.05) is 41.4 Å². The highest BCUT2D eigenvalue weighted by Crippen LogP contribution is 2.37. The van der Waals surface area contributed by atoms with E-state index in [1.807, 2.05) is 19.1 Å². The molecule has 8 nitrogen and oxygen atoms in total. The van der Waals surface area contributed by atoms with Gasteiger partial charge >= 0.3 is 6.18 Å². The standard InChI is InChI=1S/C33H28ClF3N6O2/c1-19-5-3-8-29(27-14-21(11-12-38-27)31-28(41-32(19)45)17-40-42(31)2)43-18-39-26(16-30(43)44)25-15-23(34)9-10-24(25)20-6-4-7-22(13-20)33(35,36)37/h4,6-7,9-19,29H,3,5,8H2,1-2H3,(H,41,45). The maximum absolute atomic E-state index is 13.8. The molecule has 2 bridgehead atoms. The largest absolute Gasteiger partial charge is 0.416 e. The molecular weight excluding hydrogens is 605 g/mol. The molecule has 1 amide bonds. The van der Waals surface area contributed by atoms with Crippen LogP contribution >= 0.6 is 11.6 Å². The predicted molar refractivity (Wildman–Crippen MR) is 166 cm³/mol. The van der Waals surface area contributed by atoms with Gasteiger partial charge in [0.15, 0.2) is 0 Å². The zero-order valence-electron chi connectivity index (χ0n) is 24.3. The molecule has 0 spiro atoms. The van der Waals surface area contributed by atoms with Gasteiger partial charge in [-0.15, -0.1) is 0 Å². The van der Waals surface area contributed by atoms with Crippen molar-refractivity contribution in [2.75, 3.05) is 5.32 Å². The lowest BCUT2D eigenvalue weighted by Gasteiger charge is -2.22. The molecular formula is C33H28ClF3N6O2. The highest BCUT2D eigenvalue weighted by atomic mass is 35.5. The van der Waals surface area contributed by atoms with Crippen LogP contribution in [0.25, 0.3) is 33.6 Å². The smallest absolute Gasteiger partial charge is 0.323 e. The SMILES string of the molecule is CC1CCCC(n2cnc(-c3cc(Cl)ccc3-c3cccc(C(F)(F)F)c3)cc2=O)c2cc(ccn2)-c2c(cnn2C)NC1=O. The van der Waals surface area contributed by atoms with Gasteiger partial charge in [-0.05, 0) is 60.4 Å². The summed E-state index contributed by atoms with van der Waals surface area (Å²) in [6.07, 6.45) is 1.92. The van der Waals surface area contributed by atoms with Gasteiger partial charge in [-0.3, -0.25) is 23.8 Å². The van der Waals surface area contributed by atoms with Crippen molar-refractivity contribution in [2.45, 2.75) is 38.4 Å². The zero-order valence-corrected chi connectivity index (χ0v) is 25.1. The Hall–Kier alpha value is -4.77. The summed E-state index contributed by atoms with van der Waals surface area (Å²) in [6, 6.07) is 14.3. The third-order valence-electron chi connectivity index (χ3n) is 8.08. The molecule has 0 saturated heterocycles. The lowest BCUT2D eigenvalue weighted by atomic mass is 9.95. The summed E-state index contributed by atoms with van der Waals surface area (Å²) in [5.74, 6) is -0.393. The fraction of sp³-hybridized carbons (Fsp3) is 0.242. The van der Waals surface area contributed by atoms with Crippen molar-refractivity contribution in [1.82, 2.24) is 24.3 Å². The van der Waals surface area contributed by atoms with E-state index in [1.54, 1.807) is 48.4 Å². The molecule has 5 aromatic rings. The number of fused-ring (bicyclic) bond motifs is 4. The summed E-state index contributed by atoms with van der Waals surface area (Å²) in [4.78, 5) is 35.9. The van der Waals surface area contributed by atoms with Crippen LogP contribution < -0.4 is 10.9 Å². The van der Waals surface area contributed by atoms with E-state index in [0.29, 0.717) is 58.1 Å². The number of aryl methyl sites for hydroxylation is 1. The number of alkyl halides is 3. The van der Waals surface area contributed by atoms with Crippen LogP contribution in [0.15, 0.2) is 84.2 Å². The summed E-state index contributed by atoms with van der Waals surface area (Å²) >= 11 is 6.30. The van der Waals surface area contributed by atoms with Gasteiger partial charge in [-0.2, -0.15) is 18.3 Å². The van der Waals surface area contributed by atoms with Gasteiger partial charge in [0.05, 0.1) is 46.9 Å². The van der Waals surface area contributed by atoms with Gasteiger partial charge in [0.2, 0.25) is 5.91 Å². The number of benzene rings is 2. The summed E-state index contributed by atoms with van der Waals surface area (Å²) in [6.45, 7) is 1.86. The van der Waals surface area contributed by atoms with Crippen molar-refractivity contribution >= 4 is 23.2 Å². The second kappa shape index (κ2) is 12.0. The number of carbonyl (C=O) groups excluding carboxylic acids is 1. The van der Waals surface area contributed by atoms with Crippen LogP contribution in [0.1, 0.15) is 43.5 Å². The number of hydrogen-bond acceptors (Lipinski definition) is 5. The lowest BCUT2D eigenvalue weighted by Crippen LogP contribution is -2.27. The van der Waals surface area contributed by atoms with E-state index < -0.39 is 17.8 Å². The van der Waals surface area contributed by atoms with Gasteiger partial charge < -0.3 is 5.32 Å². The van der Waals surface area contributed by atoms with E-state index >= 15 is 0 Å².